The number of carbonyl (C=O) groups is 2. The van der Waals surface area contributed by atoms with E-state index in [1.165, 1.54) is 60.9 Å². The van der Waals surface area contributed by atoms with Crippen molar-refractivity contribution in [1.82, 2.24) is 9.55 Å². The molecule has 0 aliphatic heterocycles. The normalized spacial score (nSPS) is 11.5. The van der Waals surface area contributed by atoms with Gasteiger partial charge >= 0.3 is 6.18 Å². The van der Waals surface area contributed by atoms with Crippen LogP contribution in [0.5, 0.6) is 0 Å². The minimum absolute atomic E-state index is 0.00116. The number of Topliss-reactive ketones (excluding diaryl/α,β-unsaturated/α-hetero) is 1. The number of anilines is 1. The van der Waals surface area contributed by atoms with Gasteiger partial charge in [-0.15, -0.1) is 0 Å². The SMILES string of the molecule is O=C(Nc1cccnc1)C(=O)c1c(C(F)(F)F)n(Cc2ccc(Cl)cc2Cl)c2ccccc12. The van der Waals surface area contributed by atoms with Crippen molar-refractivity contribution in [2.75, 3.05) is 5.32 Å². The quantitative estimate of drug-likeness (QED) is 0.265. The fourth-order valence-corrected chi connectivity index (χ4v) is 4.02. The van der Waals surface area contributed by atoms with E-state index in [2.05, 4.69) is 10.3 Å². The second-order valence-corrected chi connectivity index (χ2v) is 7.93. The van der Waals surface area contributed by atoms with Crippen molar-refractivity contribution in [3.05, 3.63) is 93.9 Å². The highest BCUT2D eigenvalue weighted by atomic mass is 35.5. The first-order chi connectivity index (χ1) is 15.7. The molecule has 1 N–H and O–H groups in total. The number of alkyl halides is 3. The van der Waals surface area contributed by atoms with Gasteiger partial charge in [-0.1, -0.05) is 47.5 Å². The molecule has 2 heterocycles. The zero-order valence-corrected chi connectivity index (χ0v) is 18.2. The zero-order chi connectivity index (χ0) is 23.8. The van der Waals surface area contributed by atoms with Crippen LogP contribution in [0.2, 0.25) is 10.0 Å². The molecule has 10 heteroatoms. The summed E-state index contributed by atoms with van der Waals surface area (Å²) in [5.41, 5.74) is -1.29. The van der Waals surface area contributed by atoms with Gasteiger partial charge in [-0.3, -0.25) is 14.6 Å². The molecule has 0 radical (unpaired) electrons. The van der Waals surface area contributed by atoms with Gasteiger partial charge in [-0.05, 0) is 35.9 Å². The minimum atomic E-state index is -4.93. The van der Waals surface area contributed by atoms with Gasteiger partial charge in [-0.2, -0.15) is 13.2 Å². The summed E-state index contributed by atoms with van der Waals surface area (Å²) in [4.78, 5) is 29.4. The average Bonchev–Trinajstić information content (AvgIpc) is 3.10. The molecule has 0 atom stereocenters. The Hall–Kier alpha value is -3.36. The summed E-state index contributed by atoms with van der Waals surface area (Å²) in [6.45, 7) is -0.289. The lowest BCUT2D eigenvalue weighted by molar-refractivity contribution is -0.143. The number of para-hydroxylation sites is 1. The van der Waals surface area contributed by atoms with E-state index < -0.39 is 29.1 Å². The third kappa shape index (κ3) is 4.58. The van der Waals surface area contributed by atoms with Crippen molar-refractivity contribution in [3.8, 4) is 0 Å². The highest BCUT2D eigenvalue weighted by molar-refractivity contribution is 6.48. The maximum absolute atomic E-state index is 14.3. The second kappa shape index (κ2) is 8.88. The number of ketones is 1. The summed E-state index contributed by atoms with van der Waals surface area (Å²) < 4.78 is 43.8. The van der Waals surface area contributed by atoms with Crippen molar-refractivity contribution in [2.45, 2.75) is 12.7 Å². The number of amides is 1. The van der Waals surface area contributed by atoms with Crippen LogP contribution in [0, 0.1) is 0 Å². The first kappa shape index (κ1) is 22.8. The zero-order valence-electron chi connectivity index (χ0n) is 16.7. The molecule has 0 saturated heterocycles. The minimum Gasteiger partial charge on any atom is -0.332 e. The molecule has 2 aromatic carbocycles. The van der Waals surface area contributed by atoms with E-state index in [0.717, 1.165) is 4.57 Å². The van der Waals surface area contributed by atoms with Crippen LogP contribution >= 0.6 is 23.2 Å². The third-order valence-electron chi connectivity index (χ3n) is 4.94. The summed E-state index contributed by atoms with van der Waals surface area (Å²) in [5.74, 6) is -2.52. The Bertz CT molecular complexity index is 1370. The van der Waals surface area contributed by atoms with E-state index in [-0.39, 0.29) is 28.2 Å². The number of hydrogen-bond acceptors (Lipinski definition) is 3. The Kier molecular flexibility index (Phi) is 6.14. The molecule has 4 aromatic rings. The van der Waals surface area contributed by atoms with Crippen LogP contribution in [0.1, 0.15) is 21.6 Å². The van der Waals surface area contributed by atoms with Gasteiger partial charge in [-0.25, -0.2) is 0 Å². The van der Waals surface area contributed by atoms with Crippen molar-refractivity contribution in [1.29, 1.82) is 0 Å². The Labute approximate surface area is 195 Å². The molecule has 2 aromatic heterocycles. The first-order valence-corrected chi connectivity index (χ1v) is 10.3. The number of benzene rings is 2. The fourth-order valence-electron chi connectivity index (χ4n) is 3.55. The van der Waals surface area contributed by atoms with Gasteiger partial charge < -0.3 is 9.88 Å². The molecule has 0 spiro atoms. The summed E-state index contributed by atoms with van der Waals surface area (Å²) >= 11 is 12.1. The molecule has 168 valence electrons. The second-order valence-electron chi connectivity index (χ2n) is 7.09. The predicted octanol–water partition coefficient (Wildman–Crippen LogP) is 6.23. The maximum atomic E-state index is 14.3. The average molecular weight is 492 g/mol. The number of nitrogens with zero attached hydrogens (tertiary/aromatic N) is 2. The predicted molar refractivity (Wildman–Crippen MR) is 120 cm³/mol. The number of aromatic nitrogens is 2. The third-order valence-corrected chi connectivity index (χ3v) is 5.52. The smallest absolute Gasteiger partial charge is 0.332 e. The summed E-state index contributed by atoms with van der Waals surface area (Å²) in [6, 6.07) is 13.3. The van der Waals surface area contributed by atoms with Crippen LogP contribution in [0.15, 0.2) is 67.0 Å². The van der Waals surface area contributed by atoms with Gasteiger partial charge in [0.25, 0.3) is 11.7 Å². The molecular formula is C23H14Cl2F3N3O2. The molecule has 5 nitrogen and oxygen atoms in total. The Morgan fingerprint density at radius 2 is 1.79 bits per heavy atom. The van der Waals surface area contributed by atoms with Crippen LogP contribution in [-0.4, -0.2) is 21.2 Å². The van der Waals surface area contributed by atoms with Crippen molar-refractivity contribution >= 4 is 51.5 Å². The number of hydrogen-bond donors (Lipinski definition) is 1. The molecular weight excluding hydrogens is 478 g/mol. The number of rotatable bonds is 5. The highest BCUT2D eigenvalue weighted by Gasteiger charge is 2.42. The molecule has 33 heavy (non-hydrogen) atoms. The summed E-state index contributed by atoms with van der Waals surface area (Å²) in [6.07, 6.45) is -2.20. The molecule has 0 bridgehead atoms. The molecule has 0 saturated carbocycles. The highest BCUT2D eigenvalue weighted by Crippen LogP contribution is 2.39. The number of nitrogens with one attached hydrogen (secondary N) is 1. The van der Waals surface area contributed by atoms with Crippen LogP contribution in [-0.2, 0) is 17.5 Å². The van der Waals surface area contributed by atoms with E-state index in [1.807, 2.05) is 0 Å². The lowest BCUT2D eigenvalue weighted by Crippen LogP contribution is -2.26. The van der Waals surface area contributed by atoms with Crippen molar-refractivity contribution in [3.63, 3.8) is 0 Å². The number of halogens is 5. The van der Waals surface area contributed by atoms with Gasteiger partial charge in [0.15, 0.2) is 0 Å². The number of pyridine rings is 1. The number of carbonyl (C=O) groups excluding carboxylic acids is 2. The van der Waals surface area contributed by atoms with E-state index in [0.29, 0.717) is 10.6 Å². The molecule has 0 aliphatic rings. The van der Waals surface area contributed by atoms with Crippen LogP contribution < -0.4 is 5.32 Å². The van der Waals surface area contributed by atoms with E-state index >= 15 is 0 Å². The molecule has 1 amide bonds. The van der Waals surface area contributed by atoms with Crippen LogP contribution in [0.3, 0.4) is 0 Å². The van der Waals surface area contributed by atoms with E-state index in [1.54, 1.807) is 6.07 Å². The Morgan fingerprint density at radius 3 is 2.45 bits per heavy atom. The van der Waals surface area contributed by atoms with Gasteiger partial charge in [0.05, 0.1) is 17.4 Å². The lowest BCUT2D eigenvalue weighted by Gasteiger charge is -2.15. The molecule has 0 unspecified atom stereocenters. The maximum Gasteiger partial charge on any atom is 0.432 e. The Morgan fingerprint density at radius 1 is 1.03 bits per heavy atom. The van der Waals surface area contributed by atoms with Crippen LogP contribution in [0.4, 0.5) is 18.9 Å². The van der Waals surface area contributed by atoms with Gasteiger partial charge in [0.2, 0.25) is 0 Å². The van der Waals surface area contributed by atoms with Crippen LogP contribution in [0.25, 0.3) is 10.9 Å². The van der Waals surface area contributed by atoms with Crippen molar-refractivity contribution < 1.29 is 22.8 Å². The first-order valence-electron chi connectivity index (χ1n) is 9.55. The standard InChI is InChI=1S/C23H14Cl2F3N3O2/c24-14-8-7-13(17(25)10-14)12-31-18-6-2-1-5-16(18)19(21(31)23(26,27)28)20(32)22(33)30-15-4-3-9-29-11-15/h1-11H,12H2,(H,30,33). The summed E-state index contributed by atoms with van der Waals surface area (Å²) in [5, 5.41) is 2.81. The number of fused-ring (bicyclic) bond motifs is 1. The lowest BCUT2D eigenvalue weighted by atomic mass is 10.1. The molecule has 0 aliphatic carbocycles. The topological polar surface area (TPSA) is 64.0 Å². The van der Waals surface area contributed by atoms with Crippen molar-refractivity contribution in [2.24, 2.45) is 0 Å². The largest absolute Gasteiger partial charge is 0.432 e. The van der Waals surface area contributed by atoms with Gasteiger partial charge in [0, 0.05) is 33.7 Å². The van der Waals surface area contributed by atoms with E-state index in [4.69, 9.17) is 23.2 Å². The van der Waals surface area contributed by atoms with Gasteiger partial charge in [0.1, 0.15) is 5.69 Å². The van der Waals surface area contributed by atoms with E-state index in [9.17, 15) is 22.8 Å². The molecule has 4 rings (SSSR count). The Balaban J connectivity index is 1.87. The monoisotopic (exact) mass is 491 g/mol. The summed E-state index contributed by atoms with van der Waals surface area (Å²) in [7, 11) is 0. The molecule has 0 fully saturated rings. The fraction of sp³-hybridized carbons (Fsp3) is 0.0870.